The molecule has 1 fully saturated rings. The van der Waals surface area contributed by atoms with E-state index in [1.165, 1.54) is 24.6 Å². The molecule has 122 valence electrons. The predicted octanol–water partition coefficient (Wildman–Crippen LogP) is 2.71. The molecule has 0 aliphatic heterocycles. The van der Waals surface area contributed by atoms with Gasteiger partial charge in [0.15, 0.2) is 0 Å². The van der Waals surface area contributed by atoms with E-state index in [0.29, 0.717) is 6.04 Å². The molecular formula is C16H21N5OS. The number of thioether (sulfide) groups is 1. The van der Waals surface area contributed by atoms with Crippen molar-refractivity contribution in [2.45, 2.75) is 42.1 Å². The topological polar surface area (TPSA) is 63.9 Å². The van der Waals surface area contributed by atoms with Crippen LogP contribution >= 0.6 is 11.8 Å². The van der Waals surface area contributed by atoms with Gasteiger partial charge in [-0.1, -0.05) is 54.9 Å². The third-order valence-electron chi connectivity index (χ3n) is 4.12. The molecule has 0 saturated heterocycles. The lowest BCUT2D eigenvalue weighted by atomic mass is 10.1. The lowest BCUT2D eigenvalue weighted by molar-refractivity contribution is -0.128. The van der Waals surface area contributed by atoms with E-state index in [9.17, 15) is 4.79 Å². The van der Waals surface area contributed by atoms with Crippen molar-refractivity contribution in [2.24, 2.45) is 0 Å². The lowest BCUT2D eigenvalue weighted by Crippen LogP contribution is -2.27. The molecule has 6 nitrogen and oxygen atoms in total. The highest BCUT2D eigenvalue weighted by molar-refractivity contribution is 8.00. The number of rotatable bonds is 5. The molecule has 1 aliphatic carbocycles. The smallest absolute Gasteiger partial charge is 0.240 e. The number of aromatic nitrogens is 4. The molecule has 0 spiro atoms. The summed E-state index contributed by atoms with van der Waals surface area (Å²) < 4.78 is 1.90. The molecule has 23 heavy (non-hydrogen) atoms. The van der Waals surface area contributed by atoms with E-state index in [2.05, 4.69) is 15.5 Å². The summed E-state index contributed by atoms with van der Waals surface area (Å²) in [4.78, 5) is 14.2. The van der Waals surface area contributed by atoms with E-state index in [-0.39, 0.29) is 11.2 Å². The molecule has 0 N–H and O–H groups in total. The van der Waals surface area contributed by atoms with E-state index in [1.54, 1.807) is 19.0 Å². The van der Waals surface area contributed by atoms with Crippen LogP contribution < -0.4 is 0 Å². The van der Waals surface area contributed by atoms with Crippen LogP contribution in [0.4, 0.5) is 0 Å². The third-order valence-corrected chi connectivity index (χ3v) is 5.31. The van der Waals surface area contributed by atoms with E-state index >= 15 is 0 Å². The van der Waals surface area contributed by atoms with Gasteiger partial charge in [-0.25, -0.2) is 4.68 Å². The van der Waals surface area contributed by atoms with Gasteiger partial charge in [-0.05, 0) is 28.8 Å². The van der Waals surface area contributed by atoms with E-state index in [1.807, 2.05) is 35.0 Å². The highest BCUT2D eigenvalue weighted by Gasteiger charge is 2.28. The monoisotopic (exact) mass is 331 g/mol. The van der Waals surface area contributed by atoms with Crippen LogP contribution in [0.25, 0.3) is 0 Å². The summed E-state index contributed by atoms with van der Waals surface area (Å²) in [6.07, 6.45) is 4.65. The van der Waals surface area contributed by atoms with Crippen molar-refractivity contribution in [1.82, 2.24) is 25.1 Å². The first-order valence-corrected chi connectivity index (χ1v) is 8.75. The fourth-order valence-electron chi connectivity index (χ4n) is 2.87. The zero-order valence-electron chi connectivity index (χ0n) is 13.4. The van der Waals surface area contributed by atoms with Gasteiger partial charge in [0.2, 0.25) is 11.1 Å². The van der Waals surface area contributed by atoms with Crippen LogP contribution in [0.1, 0.15) is 42.5 Å². The number of carbonyl (C=O) groups is 1. The summed E-state index contributed by atoms with van der Waals surface area (Å²) in [7, 11) is 3.55. The average Bonchev–Trinajstić information content (AvgIpc) is 3.23. The Morgan fingerprint density at radius 2 is 1.96 bits per heavy atom. The normalized spacial score (nSPS) is 16.4. The molecule has 1 aromatic heterocycles. The second-order valence-electron chi connectivity index (χ2n) is 5.99. The molecule has 1 heterocycles. The van der Waals surface area contributed by atoms with Crippen molar-refractivity contribution in [3.05, 3.63) is 35.9 Å². The van der Waals surface area contributed by atoms with Crippen LogP contribution in [0.5, 0.6) is 0 Å². The van der Waals surface area contributed by atoms with E-state index in [4.69, 9.17) is 0 Å². The van der Waals surface area contributed by atoms with Gasteiger partial charge >= 0.3 is 0 Å². The minimum absolute atomic E-state index is 0.0437. The van der Waals surface area contributed by atoms with Crippen molar-refractivity contribution in [3.8, 4) is 0 Å². The van der Waals surface area contributed by atoms with Gasteiger partial charge in [-0.2, -0.15) is 0 Å². The molecule has 1 aliphatic rings. The Labute approximate surface area is 140 Å². The highest BCUT2D eigenvalue weighted by Crippen LogP contribution is 2.38. The van der Waals surface area contributed by atoms with E-state index in [0.717, 1.165) is 23.6 Å². The molecular weight excluding hydrogens is 310 g/mol. The zero-order valence-corrected chi connectivity index (χ0v) is 14.2. The molecule has 2 aromatic rings. The van der Waals surface area contributed by atoms with Crippen LogP contribution in [0.3, 0.4) is 0 Å². The number of hydrogen-bond acceptors (Lipinski definition) is 5. The number of amides is 1. The summed E-state index contributed by atoms with van der Waals surface area (Å²) in [5.74, 6) is 0.0437. The molecule has 1 amide bonds. The van der Waals surface area contributed by atoms with Crippen LogP contribution in [-0.2, 0) is 4.79 Å². The maximum atomic E-state index is 12.6. The Balaban J connectivity index is 1.87. The summed E-state index contributed by atoms with van der Waals surface area (Å²) in [5.41, 5.74) is 0.970. The zero-order chi connectivity index (χ0) is 16.2. The van der Waals surface area contributed by atoms with E-state index < -0.39 is 0 Å². The van der Waals surface area contributed by atoms with Gasteiger partial charge in [-0.15, -0.1) is 5.10 Å². The fourth-order valence-corrected chi connectivity index (χ4v) is 4.06. The molecule has 1 aromatic carbocycles. The molecule has 3 rings (SSSR count). The first kappa shape index (κ1) is 16.0. The first-order chi connectivity index (χ1) is 11.2. The minimum atomic E-state index is -0.336. The average molecular weight is 331 g/mol. The van der Waals surface area contributed by atoms with Crippen molar-refractivity contribution in [1.29, 1.82) is 0 Å². The highest BCUT2D eigenvalue weighted by atomic mass is 32.2. The van der Waals surface area contributed by atoms with Crippen molar-refractivity contribution in [3.63, 3.8) is 0 Å². The SMILES string of the molecule is CN(C)C(=O)C(Sc1nnnn1C1CCCC1)c1ccccc1. The van der Waals surface area contributed by atoms with Crippen molar-refractivity contribution in [2.75, 3.05) is 14.1 Å². The summed E-state index contributed by atoms with van der Waals surface area (Å²) in [6.45, 7) is 0. The van der Waals surface area contributed by atoms with Crippen molar-refractivity contribution < 1.29 is 4.79 Å². The lowest BCUT2D eigenvalue weighted by Gasteiger charge is -2.20. The molecule has 0 bridgehead atoms. The molecule has 0 radical (unpaired) electrons. The maximum Gasteiger partial charge on any atom is 0.240 e. The largest absolute Gasteiger partial charge is 0.348 e. The summed E-state index contributed by atoms with van der Waals surface area (Å²) in [6, 6.07) is 10.2. The number of carbonyl (C=O) groups excluding carboxylic acids is 1. The Morgan fingerprint density at radius 3 is 2.61 bits per heavy atom. The second-order valence-corrected chi connectivity index (χ2v) is 7.06. The van der Waals surface area contributed by atoms with Crippen molar-refractivity contribution >= 4 is 17.7 Å². The Hall–Kier alpha value is -1.89. The standard InChI is InChI=1S/C16H21N5OS/c1-20(2)15(22)14(12-8-4-3-5-9-12)23-16-17-18-19-21(16)13-10-6-7-11-13/h3-5,8-9,13-14H,6-7,10-11H2,1-2H3. The number of nitrogens with zero attached hydrogens (tertiary/aromatic N) is 5. The molecule has 7 heteroatoms. The summed E-state index contributed by atoms with van der Waals surface area (Å²) in [5, 5.41) is 12.5. The maximum absolute atomic E-state index is 12.6. The van der Waals surface area contributed by atoms with Crippen LogP contribution in [-0.4, -0.2) is 45.1 Å². The van der Waals surface area contributed by atoms with Gasteiger partial charge in [0.05, 0.1) is 6.04 Å². The Morgan fingerprint density at radius 1 is 1.26 bits per heavy atom. The quantitative estimate of drug-likeness (QED) is 0.788. The first-order valence-electron chi connectivity index (χ1n) is 7.87. The molecule has 1 unspecified atom stereocenters. The Bertz CT molecular complexity index is 652. The van der Waals surface area contributed by atoms with Gasteiger partial charge in [0.1, 0.15) is 5.25 Å². The number of likely N-dealkylation sites (N-methyl/N-ethyl adjacent to an activating group) is 1. The summed E-state index contributed by atoms with van der Waals surface area (Å²) >= 11 is 1.43. The Kier molecular flexibility index (Phi) is 4.95. The minimum Gasteiger partial charge on any atom is -0.348 e. The van der Waals surface area contributed by atoms with Crippen LogP contribution in [0.15, 0.2) is 35.5 Å². The molecule has 1 saturated carbocycles. The second kappa shape index (κ2) is 7.12. The fraction of sp³-hybridized carbons (Fsp3) is 0.500. The predicted molar refractivity (Wildman–Crippen MR) is 89.1 cm³/mol. The molecule has 1 atom stereocenters. The number of hydrogen-bond donors (Lipinski definition) is 0. The van der Waals surface area contributed by atoms with Crippen LogP contribution in [0.2, 0.25) is 0 Å². The van der Waals surface area contributed by atoms with Gasteiger partial charge < -0.3 is 4.90 Å². The number of benzene rings is 1. The van der Waals surface area contributed by atoms with Crippen LogP contribution in [0, 0.1) is 0 Å². The number of tetrazole rings is 1. The van der Waals surface area contributed by atoms with Gasteiger partial charge in [0.25, 0.3) is 0 Å². The third kappa shape index (κ3) is 3.55. The van der Waals surface area contributed by atoms with Gasteiger partial charge in [0, 0.05) is 14.1 Å². The van der Waals surface area contributed by atoms with Gasteiger partial charge in [-0.3, -0.25) is 4.79 Å².